The Labute approximate surface area is 122 Å². The molecule has 3 nitrogen and oxygen atoms in total. The van der Waals surface area contributed by atoms with Crippen LogP contribution >= 0.6 is 11.6 Å². The van der Waals surface area contributed by atoms with Crippen molar-refractivity contribution >= 4 is 11.6 Å². The first kappa shape index (κ1) is 14.6. The van der Waals surface area contributed by atoms with Crippen LogP contribution in [0.15, 0.2) is 36.4 Å². The zero-order valence-electron chi connectivity index (χ0n) is 11.0. The van der Waals surface area contributed by atoms with Crippen molar-refractivity contribution in [2.45, 2.75) is 13.2 Å². The summed E-state index contributed by atoms with van der Waals surface area (Å²) >= 11 is 5.90. The second kappa shape index (κ2) is 6.59. The second-order valence-corrected chi connectivity index (χ2v) is 4.60. The Morgan fingerprint density at radius 1 is 1.25 bits per heavy atom. The highest BCUT2D eigenvalue weighted by molar-refractivity contribution is 6.32. The number of para-hydroxylation sites is 1. The van der Waals surface area contributed by atoms with Crippen molar-refractivity contribution in [1.29, 1.82) is 0 Å². The number of methoxy groups -OCH3 is 1. The van der Waals surface area contributed by atoms with Gasteiger partial charge >= 0.3 is 0 Å². The third-order valence-electron chi connectivity index (χ3n) is 2.87. The van der Waals surface area contributed by atoms with E-state index in [1.807, 2.05) is 18.2 Å². The van der Waals surface area contributed by atoms with Crippen LogP contribution in [-0.4, -0.2) is 7.11 Å². The fraction of sp³-hybridized carbons (Fsp3) is 0.200. The van der Waals surface area contributed by atoms with Crippen LogP contribution in [0.2, 0.25) is 5.02 Å². The number of rotatable bonds is 5. The molecule has 0 aliphatic rings. The van der Waals surface area contributed by atoms with Crippen molar-refractivity contribution < 1.29 is 13.9 Å². The minimum atomic E-state index is -0.481. The third-order valence-corrected chi connectivity index (χ3v) is 3.16. The van der Waals surface area contributed by atoms with E-state index in [-0.39, 0.29) is 17.4 Å². The van der Waals surface area contributed by atoms with Crippen molar-refractivity contribution in [3.05, 3.63) is 58.4 Å². The summed E-state index contributed by atoms with van der Waals surface area (Å²) < 4.78 is 24.2. The largest absolute Gasteiger partial charge is 0.496 e. The molecule has 2 rings (SSSR count). The van der Waals surface area contributed by atoms with E-state index in [9.17, 15) is 4.39 Å². The molecule has 0 aliphatic carbocycles. The monoisotopic (exact) mass is 295 g/mol. The molecular weight excluding hydrogens is 281 g/mol. The maximum atomic E-state index is 13.6. The lowest BCUT2D eigenvalue weighted by molar-refractivity contribution is 0.290. The molecule has 2 aromatic rings. The topological polar surface area (TPSA) is 44.5 Å². The molecule has 0 radical (unpaired) electrons. The number of halogens is 2. The van der Waals surface area contributed by atoms with E-state index in [0.717, 1.165) is 16.9 Å². The molecule has 0 heterocycles. The lowest BCUT2D eigenvalue weighted by atomic mass is 10.1. The van der Waals surface area contributed by atoms with E-state index in [0.29, 0.717) is 6.54 Å². The molecule has 0 amide bonds. The van der Waals surface area contributed by atoms with Gasteiger partial charge in [-0.05, 0) is 29.8 Å². The van der Waals surface area contributed by atoms with Gasteiger partial charge in [-0.1, -0.05) is 23.7 Å². The summed E-state index contributed by atoms with van der Waals surface area (Å²) in [5.41, 5.74) is 7.38. The number of nitrogens with two attached hydrogens (primary N) is 1. The number of ether oxygens (including phenoxy) is 2. The van der Waals surface area contributed by atoms with Crippen LogP contribution < -0.4 is 15.2 Å². The molecule has 0 aliphatic heterocycles. The molecule has 0 unspecified atom stereocenters. The maximum absolute atomic E-state index is 13.6. The van der Waals surface area contributed by atoms with Gasteiger partial charge in [0.15, 0.2) is 11.6 Å². The second-order valence-electron chi connectivity index (χ2n) is 4.19. The lowest BCUT2D eigenvalue weighted by Gasteiger charge is -2.11. The molecule has 2 aromatic carbocycles. The van der Waals surface area contributed by atoms with Gasteiger partial charge in [-0.15, -0.1) is 0 Å². The molecule has 0 saturated carbocycles. The maximum Gasteiger partial charge on any atom is 0.174 e. The van der Waals surface area contributed by atoms with E-state index in [1.54, 1.807) is 13.2 Å². The highest BCUT2D eigenvalue weighted by Gasteiger charge is 2.09. The summed E-state index contributed by atoms with van der Waals surface area (Å²) in [6, 6.07) is 9.94. The van der Waals surface area contributed by atoms with Crippen LogP contribution in [-0.2, 0) is 13.2 Å². The zero-order valence-corrected chi connectivity index (χ0v) is 11.8. The predicted octanol–water partition coefficient (Wildman–Crippen LogP) is 3.53. The Morgan fingerprint density at radius 3 is 2.70 bits per heavy atom. The summed E-state index contributed by atoms with van der Waals surface area (Å²) in [5.74, 6) is 0.296. The highest BCUT2D eigenvalue weighted by atomic mass is 35.5. The Balaban J connectivity index is 2.15. The van der Waals surface area contributed by atoms with Crippen LogP contribution in [0, 0.1) is 5.82 Å². The molecular formula is C15H15ClFNO2. The van der Waals surface area contributed by atoms with E-state index >= 15 is 0 Å². The third kappa shape index (κ3) is 3.21. The van der Waals surface area contributed by atoms with Gasteiger partial charge in [0, 0.05) is 12.1 Å². The van der Waals surface area contributed by atoms with Gasteiger partial charge < -0.3 is 15.2 Å². The minimum Gasteiger partial charge on any atom is -0.496 e. The normalized spacial score (nSPS) is 10.4. The summed E-state index contributed by atoms with van der Waals surface area (Å²) in [6.07, 6.45) is 0. The summed E-state index contributed by atoms with van der Waals surface area (Å²) in [6.45, 7) is 0.565. The van der Waals surface area contributed by atoms with Gasteiger partial charge in [0.1, 0.15) is 12.4 Å². The first-order chi connectivity index (χ1) is 9.65. The van der Waals surface area contributed by atoms with Gasteiger partial charge in [0.2, 0.25) is 0 Å². The Hall–Kier alpha value is -1.78. The van der Waals surface area contributed by atoms with Gasteiger partial charge in [-0.3, -0.25) is 0 Å². The Kier molecular flexibility index (Phi) is 4.82. The SMILES string of the molecule is COc1ccc(COc2c(F)cccc2Cl)cc1CN. The van der Waals surface area contributed by atoms with Gasteiger partial charge in [0.25, 0.3) is 0 Å². The van der Waals surface area contributed by atoms with E-state index < -0.39 is 5.82 Å². The fourth-order valence-corrected chi connectivity index (χ4v) is 2.07. The molecule has 5 heteroatoms. The molecule has 106 valence electrons. The molecule has 0 aromatic heterocycles. The average Bonchev–Trinajstić information content (AvgIpc) is 2.46. The van der Waals surface area contributed by atoms with Crippen LogP contribution in [0.1, 0.15) is 11.1 Å². The molecule has 0 atom stereocenters. The molecule has 0 fully saturated rings. The molecule has 0 bridgehead atoms. The van der Waals surface area contributed by atoms with Gasteiger partial charge in [-0.2, -0.15) is 0 Å². The van der Waals surface area contributed by atoms with Crippen molar-refractivity contribution in [2.75, 3.05) is 7.11 Å². The smallest absolute Gasteiger partial charge is 0.174 e. The summed E-state index contributed by atoms with van der Waals surface area (Å²) in [4.78, 5) is 0. The molecule has 20 heavy (non-hydrogen) atoms. The Bertz CT molecular complexity index is 584. The number of hydrogen-bond acceptors (Lipinski definition) is 3. The number of benzene rings is 2. The quantitative estimate of drug-likeness (QED) is 0.918. The highest BCUT2D eigenvalue weighted by Crippen LogP contribution is 2.28. The summed E-state index contributed by atoms with van der Waals surface area (Å²) in [7, 11) is 1.59. The molecule has 0 spiro atoms. The van der Waals surface area contributed by atoms with Gasteiger partial charge in [0.05, 0.1) is 12.1 Å². The standard InChI is InChI=1S/C15H15ClFNO2/c1-19-14-6-5-10(7-11(14)8-18)9-20-15-12(16)3-2-4-13(15)17/h2-7H,8-9,18H2,1H3. The number of hydrogen-bond donors (Lipinski definition) is 1. The van der Waals surface area contributed by atoms with Crippen LogP contribution in [0.5, 0.6) is 11.5 Å². The molecule has 2 N–H and O–H groups in total. The first-order valence-electron chi connectivity index (χ1n) is 6.08. The fourth-order valence-electron chi connectivity index (χ4n) is 1.86. The van der Waals surface area contributed by atoms with Crippen molar-refractivity contribution in [3.63, 3.8) is 0 Å². The minimum absolute atomic E-state index is 0.0549. The summed E-state index contributed by atoms with van der Waals surface area (Å²) in [5, 5.41) is 0.248. The van der Waals surface area contributed by atoms with Crippen molar-refractivity contribution in [3.8, 4) is 11.5 Å². The lowest BCUT2D eigenvalue weighted by Crippen LogP contribution is -2.03. The van der Waals surface area contributed by atoms with Crippen molar-refractivity contribution in [2.24, 2.45) is 5.73 Å². The van der Waals surface area contributed by atoms with E-state index in [4.69, 9.17) is 26.8 Å². The van der Waals surface area contributed by atoms with Crippen molar-refractivity contribution in [1.82, 2.24) is 0 Å². The van der Waals surface area contributed by atoms with Crippen LogP contribution in [0.25, 0.3) is 0 Å². The predicted molar refractivity (Wildman–Crippen MR) is 76.6 cm³/mol. The first-order valence-corrected chi connectivity index (χ1v) is 6.46. The Morgan fingerprint density at radius 2 is 2.05 bits per heavy atom. The van der Waals surface area contributed by atoms with Gasteiger partial charge in [-0.25, -0.2) is 4.39 Å². The van der Waals surface area contributed by atoms with Crippen LogP contribution in [0.3, 0.4) is 0 Å². The van der Waals surface area contributed by atoms with E-state index in [2.05, 4.69) is 0 Å². The zero-order chi connectivity index (χ0) is 14.5. The van der Waals surface area contributed by atoms with Crippen LogP contribution in [0.4, 0.5) is 4.39 Å². The van der Waals surface area contributed by atoms with E-state index in [1.165, 1.54) is 12.1 Å². The molecule has 0 saturated heterocycles. The average molecular weight is 296 g/mol.